The maximum atomic E-state index is 13.7. The third-order valence-electron chi connectivity index (χ3n) is 12.8. The molecule has 1 aliphatic carbocycles. The third-order valence-corrected chi connectivity index (χ3v) is 13.9. The average Bonchev–Trinajstić information content (AvgIpc) is 3.74. The molecule has 4 aliphatic rings. The average molecular weight is 847 g/mol. The molecule has 4 heterocycles. The van der Waals surface area contributed by atoms with E-state index in [-0.39, 0.29) is 72.7 Å². The van der Waals surface area contributed by atoms with Crippen molar-refractivity contribution < 1.29 is 37.2 Å². The molecule has 0 radical (unpaired) electrons. The molecule has 3 saturated heterocycles. The molecule has 6 amide bonds. The van der Waals surface area contributed by atoms with Gasteiger partial charge in [-0.3, -0.25) is 43.2 Å². The Hall–Kier alpha value is -5.36. The van der Waals surface area contributed by atoms with Gasteiger partial charge in [0.05, 0.1) is 22.5 Å². The summed E-state index contributed by atoms with van der Waals surface area (Å²) in [4.78, 5) is 94.0. The molecule has 3 aliphatic heterocycles. The number of imidazole rings is 1. The molecule has 4 fully saturated rings. The minimum Gasteiger partial charge on any atom is -0.350 e. The van der Waals surface area contributed by atoms with Gasteiger partial charge in [-0.25, -0.2) is 13.2 Å². The van der Waals surface area contributed by atoms with E-state index in [1.807, 2.05) is 18.2 Å². The maximum absolute atomic E-state index is 13.7. The van der Waals surface area contributed by atoms with Crippen LogP contribution in [0.4, 0.5) is 0 Å². The van der Waals surface area contributed by atoms with Crippen molar-refractivity contribution in [1.82, 2.24) is 34.9 Å². The van der Waals surface area contributed by atoms with Crippen LogP contribution in [0.15, 0.2) is 52.2 Å². The second-order valence-corrected chi connectivity index (χ2v) is 19.0. The second-order valence-electron chi connectivity index (χ2n) is 16.9. The predicted molar refractivity (Wildman–Crippen MR) is 220 cm³/mol. The minimum absolute atomic E-state index is 0.0216. The highest BCUT2D eigenvalue weighted by atomic mass is 32.2. The number of nitrogens with zero attached hydrogens (tertiary/aromatic N) is 4. The quantitative estimate of drug-likeness (QED) is 0.199. The molecule has 7 rings (SSSR count). The number of fused-ring (bicyclic) bond motifs is 2. The standard InChI is InChI=1S/C42H54N8O9S/c1-47-35-20-28(9-13-32(35)50(42(47)57)34-15-16-36(51)46-40(34)55)19-25-3-5-26(6-4-25)21-38(53)48-18-17-29-10-14-33(49(29)41(56)31(43)24-48)39(54)45-23-37(52)44-22-27-7-11-30(12-8-27)60(2,58)59/h7-9,11-13,20,25-26,29,31,33-34H,3-6,10,14-19,21-24,43H2,1-2H3,(H,44,52)(H,45,54)(H,46,51,55)/t25-,26+,29?,31-,33-,34?/m0/s1. The van der Waals surface area contributed by atoms with Gasteiger partial charge in [-0.15, -0.1) is 0 Å². The molecular weight excluding hydrogens is 793 g/mol. The van der Waals surface area contributed by atoms with E-state index in [0.717, 1.165) is 49.4 Å². The summed E-state index contributed by atoms with van der Waals surface area (Å²) >= 11 is 0. The van der Waals surface area contributed by atoms with Crippen LogP contribution in [0, 0.1) is 11.8 Å². The van der Waals surface area contributed by atoms with Gasteiger partial charge < -0.3 is 26.2 Å². The summed E-state index contributed by atoms with van der Waals surface area (Å²) in [5, 5.41) is 7.69. The van der Waals surface area contributed by atoms with Crippen LogP contribution in [-0.4, -0.2) is 107 Å². The smallest absolute Gasteiger partial charge is 0.329 e. The molecule has 2 aromatic carbocycles. The highest BCUT2D eigenvalue weighted by Crippen LogP contribution is 2.35. The Bertz CT molecular complexity index is 2350. The third kappa shape index (κ3) is 9.33. The van der Waals surface area contributed by atoms with Crippen LogP contribution in [0.1, 0.15) is 81.4 Å². The molecule has 18 heteroatoms. The molecule has 3 aromatic rings. The number of aromatic nitrogens is 2. The second kappa shape index (κ2) is 17.7. The zero-order valence-electron chi connectivity index (χ0n) is 34.1. The topological polar surface area (TPSA) is 232 Å². The number of rotatable bonds is 11. The highest BCUT2D eigenvalue weighted by molar-refractivity contribution is 7.90. The van der Waals surface area contributed by atoms with E-state index in [1.54, 1.807) is 33.5 Å². The summed E-state index contributed by atoms with van der Waals surface area (Å²) < 4.78 is 26.4. The number of hydrogen-bond donors (Lipinski definition) is 4. The Balaban J connectivity index is 0.863. The molecule has 4 atom stereocenters. The van der Waals surface area contributed by atoms with E-state index in [4.69, 9.17) is 5.73 Å². The number of nitrogens with one attached hydrogen (secondary N) is 3. The van der Waals surface area contributed by atoms with Crippen LogP contribution in [0.3, 0.4) is 0 Å². The summed E-state index contributed by atoms with van der Waals surface area (Å²) in [7, 11) is -1.64. The van der Waals surface area contributed by atoms with Crippen molar-refractivity contribution in [2.75, 3.05) is 25.9 Å². The van der Waals surface area contributed by atoms with Gasteiger partial charge in [0.15, 0.2) is 9.84 Å². The van der Waals surface area contributed by atoms with E-state index in [9.17, 15) is 42.0 Å². The lowest BCUT2D eigenvalue weighted by Crippen LogP contribution is -2.59. The van der Waals surface area contributed by atoms with Gasteiger partial charge >= 0.3 is 5.69 Å². The number of amides is 6. The molecule has 60 heavy (non-hydrogen) atoms. The van der Waals surface area contributed by atoms with Crippen molar-refractivity contribution in [3.05, 3.63) is 64.1 Å². The number of carbonyl (C=O) groups is 6. The Morgan fingerprint density at radius 3 is 2.25 bits per heavy atom. The number of nitrogens with two attached hydrogens (primary N) is 1. The van der Waals surface area contributed by atoms with Crippen LogP contribution in [0.5, 0.6) is 0 Å². The molecule has 5 N–H and O–H groups in total. The van der Waals surface area contributed by atoms with Gasteiger partial charge in [0.25, 0.3) is 0 Å². The summed E-state index contributed by atoms with van der Waals surface area (Å²) in [5.41, 5.74) is 9.30. The van der Waals surface area contributed by atoms with Crippen molar-refractivity contribution >= 4 is 56.3 Å². The summed E-state index contributed by atoms with van der Waals surface area (Å²) in [6, 6.07) is 9.30. The molecule has 17 nitrogen and oxygen atoms in total. The van der Waals surface area contributed by atoms with Crippen molar-refractivity contribution in [3.63, 3.8) is 0 Å². The molecule has 0 bridgehead atoms. The van der Waals surface area contributed by atoms with E-state index in [0.29, 0.717) is 49.2 Å². The first-order valence-electron chi connectivity index (χ1n) is 20.8. The summed E-state index contributed by atoms with van der Waals surface area (Å²) in [6.07, 6.45) is 7.99. The van der Waals surface area contributed by atoms with Gasteiger partial charge in [0.2, 0.25) is 35.4 Å². The fourth-order valence-electron chi connectivity index (χ4n) is 9.40. The summed E-state index contributed by atoms with van der Waals surface area (Å²) in [5.74, 6) is -1.45. The fraction of sp³-hybridized carbons (Fsp3) is 0.548. The molecule has 0 spiro atoms. The highest BCUT2D eigenvalue weighted by Gasteiger charge is 2.44. The van der Waals surface area contributed by atoms with Gasteiger partial charge in [-0.1, -0.05) is 18.2 Å². The van der Waals surface area contributed by atoms with Gasteiger partial charge in [-0.2, -0.15) is 0 Å². The van der Waals surface area contributed by atoms with Crippen LogP contribution < -0.4 is 27.4 Å². The Labute approximate surface area is 348 Å². The first kappa shape index (κ1) is 42.8. The van der Waals surface area contributed by atoms with E-state index in [1.165, 1.54) is 16.7 Å². The van der Waals surface area contributed by atoms with Crippen LogP contribution in [0.25, 0.3) is 11.0 Å². The predicted octanol–water partition coefficient (Wildman–Crippen LogP) is 0.812. The van der Waals surface area contributed by atoms with Gasteiger partial charge in [0, 0.05) is 51.8 Å². The lowest BCUT2D eigenvalue weighted by molar-refractivity contribution is -0.145. The van der Waals surface area contributed by atoms with Crippen molar-refractivity contribution in [1.29, 1.82) is 0 Å². The van der Waals surface area contributed by atoms with Crippen molar-refractivity contribution in [2.45, 2.75) is 106 Å². The Morgan fingerprint density at radius 1 is 0.850 bits per heavy atom. The van der Waals surface area contributed by atoms with E-state index < -0.39 is 45.7 Å². The zero-order valence-corrected chi connectivity index (χ0v) is 34.9. The molecule has 1 aromatic heterocycles. The monoisotopic (exact) mass is 846 g/mol. The number of aryl methyl sites for hydroxylation is 1. The summed E-state index contributed by atoms with van der Waals surface area (Å²) in [6.45, 7) is 0.347. The van der Waals surface area contributed by atoms with Gasteiger partial charge in [-0.05, 0) is 105 Å². The SMILES string of the molecule is Cn1c(=O)n(C2CCC(=O)NC2=O)c2ccc(C[C@H]3CC[C@@H](CC(=O)N4CCC5CC[C@@H](C(=O)NCC(=O)NCc6ccc(S(C)(=O)=O)cc6)N5C(=O)[C@@H](N)C4)CC3)cc21. The van der Waals surface area contributed by atoms with Crippen molar-refractivity contribution in [3.8, 4) is 0 Å². The van der Waals surface area contributed by atoms with Crippen molar-refractivity contribution in [2.24, 2.45) is 24.6 Å². The van der Waals surface area contributed by atoms with E-state index in [2.05, 4.69) is 16.0 Å². The Kier molecular flexibility index (Phi) is 12.6. The number of sulfone groups is 1. The van der Waals surface area contributed by atoms with E-state index >= 15 is 0 Å². The first-order valence-corrected chi connectivity index (χ1v) is 22.7. The largest absolute Gasteiger partial charge is 0.350 e. The number of carbonyl (C=O) groups excluding carboxylic acids is 6. The number of hydrogen-bond acceptors (Lipinski definition) is 10. The molecule has 2 unspecified atom stereocenters. The molecule has 322 valence electrons. The fourth-order valence-corrected chi connectivity index (χ4v) is 10.0. The van der Waals surface area contributed by atoms with Gasteiger partial charge in [0.1, 0.15) is 18.1 Å². The number of imide groups is 1. The number of piperidine rings is 1. The lowest BCUT2D eigenvalue weighted by Gasteiger charge is -2.38. The molecular formula is C42H54N8O9S. The number of benzene rings is 2. The zero-order chi connectivity index (χ0) is 42.9. The minimum atomic E-state index is -3.33. The normalized spacial score (nSPS) is 25.0. The maximum Gasteiger partial charge on any atom is 0.329 e. The lowest BCUT2D eigenvalue weighted by atomic mass is 9.78. The molecule has 1 saturated carbocycles. The Morgan fingerprint density at radius 2 is 1.55 bits per heavy atom. The van der Waals surface area contributed by atoms with Crippen LogP contribution in [-0.2, 0) is 58.6 Å². The van der Waals surface area contributed by atoms with Crippen LogP contribution >= 0.6 is 0 Å². The van der Waals surface area contributed by atoms with Crippen LogP contribution in [0.2, 0.25) is 0 Å². The first-order chi connectivity index (χ1) is 28.6.